The minimum atomic E-state index is -4.51. The van der Waals surface area contributed by atoms with Crippen LogP contribution in [0.15, 0.2) is 30.6 Å². The number of aliphatic hydroxyl groups is 1. The van der Waals surface area contributed by atoms with E-state index >= 15 is 0 Å². The smallest absolute Gasteiger partial charge is 0.419 e. The number of hydrogen-bond donors (Lipinski definition) is 2. The predicted molar refractivity (Wildman–Crippen MR) is 148 cm³/mol. The minimum absolute atomic E-state index is 0.0636. The molecule has 0 aliphatic carbocycles. The van der Waals surface area contributed by atoms with Gasteiger partial charge in [-0.25, -0.2) is 19.7 Å². The molecule has 41 heavy (non-hydrogen) atoms. The Bertz CT molecular complexity index is 1390. The van der Waals surface area contributed by atoms with E-state index in [0.29, 0.717) is 32.0 Å². The summed E-state index contributed by atoms with van der Waals surface area (Å²) in [6.07, 6.45) is -0.871. The van der Waals surface area contributed by atoms with Crippen LogP contribution in [0.3, 0.4) is 0 Å². The minimum Gasteiger partial charge on any atom is -0.444 e. The van der Waals surface area contributed by atoms with E-state index in [9.17, 15) is 23.1 Å². The van der Waals surface area contributed by atoms with Crippen LogP contribution in [-0.2, 0) is 18.0 Å². The summed E-state index contributed by atoms with van der Waals surface area (Å²) >= 11 is 0. The number of carbonyl (C=O) groups is 1. The summed E-state index contributed by atoms with van der Waals surface area (Å²) in [4.78, 5) is 29.2. The number of β-amino-alcohol motifs (C(OH)–C–C–N with tert-alkyl or cyclic N) is 1. The molecule has 2 saturated heterocycles. The molecule has 1 amide bonds. The second-order valence-electron chi connectivity index (χ2n) is 11.8. The van der Waals surface area contributed by atoms with Gasteiger partial charge < -0.3 is 29.5 Å². The lowest BCUT2D eigenvalue weighted by molar-refractivity contribution is -0.138. The first kappa shape index (κ1) is 28.9. The lowest BCUT2D eigenvalue weighted by Gasteiger charge is -2.37. The lowest BCUT2D eigenvalue weighted by atomic mass is 9.95. The molecule has 2 aliphatic rings. The maximum atomic E-state index is 13.0. The molecular formula is C28H36F3N7O3. The highest BCUT2D eigenvalue weighted by Gasteiger charge is 2.34. The van der Waals surface area contributed by atoms with Crippen LogP contribution in [0.2, 0.25) is 0 Å². The largest absolute Gasteiger partial charge is 0.444 e. The molecule has 3 atom stereocenters. The van der Waals surface area contributed by atoms with Crippen LogP contribution < -0.4 is 10.2 Å². The summed E-state index contributed by atoms with van der Waals surface area (Å²) in [7, 11) is 1.90. The first-order valence-electron chi connectivity index (χ1n) is 13.8. The van der Waals surface area contributed by atoms with Crippen LogP contribution in [-0.4, -0.2) is 73.0 Å². The van der Waals surface area contributed by atoms with Gasteiger partial charge in [-0.3, -0.25) is 0 Å². The molecule has 1 aromatic carbocycles. The van der Waals surface area contributed by atoms with Gasteiger partial charge >= 0.3 is 12.3 Å². The SMILES string of the molecule is Cn1c(N2C[C@H](O)C[C@@H](Nc3ncc(C(F)(F)F)cn3)C2)nc2cc(C3CCCCN3C(=O)OC(C)(C)C)ccc21. The number of alkyl halides is 3. The van der Waals surface area contributed by atoms with Gasteiger partial charge in [0.05, 0.1) is 28.7 Å². The molecule has 2 N–H and O–H groups in total. The first-order valence-corrected chi connectivity index (χ1v) is 13.8. The average Bonchev–Trinajstić information content (AvgIpc) is 3.23. The standard InChI is InChI=1S/C28H36F3N7O3/c1-27(2,3)41-26(40)38-10-6-5-7-22(38)17-8-9-23-21(11-17)35-25(36(23)4)37-15-19(12-20(39)16-37)34-24-32-13-18(14-33-24)28(29,30)31/h8-9,11,13-14,19-20,22,39H,5-7,10,12,15-16H2,1-4H3,(H,32,33,34)/t19-,20-,22?/m1/s1. The van der Waals surface area contributed by atoms with Crippen molar-refractivity contribution in [2.24, 2.45) is 7.05 Å². The number of amides is 1. The molecule has 13 heteroatoms. The Hall–Kier alpha value is -3.61. The highest BCUT2D eigenvalue weighted by Crippen LogP contribution is 2.35. The van der Waals surface area contributed by atoms with E-state index in [-0.39, 0.29) is 24.1 Å². The van der Waals surface area contributed by atoms with Gasteiger partial charge in [0.15, 0.2) is 0 Å². The monoisotopic (exact) mass is 575 g/mol. The average molecular weight is 576 g/mol. The number of aryl methyl sites for hydroxylation is 1. The van der Waals surface area contributed by atoms with Crippen molar-refractivity contribution in [2.45, 2.75) is 76.4 Å². The number of benzene rings is 1. The van der Waals surface area contributed by atoms with E-state index in [0.717, 1.165) is 48.3 Å². The van der Waals surface area contributed by atoms with Crippen molar-refractivity contribution in [3.8, 4) is 0 Å². The van der Waals surface area contributed by atoms with Gasteiger partial charge in [0, 0.05) is 45.1 Å². The van der Waals surface area contributed by atoms with Crippen LogP contribution in [0.1, 0.15) is 63.6 Å². The molecule has 1 unspecified atom stereocenters. The third-order valence-electron chi connectivity index (χ3n) is 7.42. The Kier molecular flexibility index (Phi) is 7.75. The molecule has 5 rings (SSSR count). The second kappa shape index (κ2) is 11.0. The van der Waals surface area contributed by atoms with Crippen LogP contribution in [0, 0.1) is 0 Å². The van der Waals surface area contributed by atoms with Crippen molar-refractivity contribution in [3.05, 3.63) is 41.7 Å². The highest BCUT2D eigenvalue weighted by atomic mass is 19.4. The number of nitrogens with zero attached hydrogens (tertiary/aromatic N) is 6. The van der Waals surface area contributed by atoms with Crippen LogP contribution in [0.4, 0.5) is 29.9 Å². The number of likely N-dealkylation sites (tertiary alicyclic amines) is 1. The molecule has 0 saturated carbocycles. The zero-order valence-electron chi connectivity index (χ0n) is 23.6. The number of fused-ring (bicyclic) bond motifs is 1. The summed E-state index contributed by atoms with van der Waals surface area (Å²) < 4.78 is 46.2. The Labute approximate surface area is 236 Å². The van der Waals surface area contributed by atoms with Gasteiger partial charge in [-0.1, -0.05) is 6.07 Å². The Morgan fingerprint density at radius 1 is 1.12 bits per heavy atom. The van der Waals surface area contributed by atoms with Gasteiger partial charge in [-0.15, -0.1) is 0 Å². The number of anilines is 2. The number of aromatic nitrogens is 4. The second-order valence-corrected chi connectivity index (χ2v) is 11.8. The summed E-state index contributed by atoms with van der Waals surface area (Å²) in [6, 6.07) is 5.62. The van der Waals surface area contributed by atoms with Gasteiger partial charge in [0.2, 0.25) is 11.9 Å². The van der Waals surface area contributed by atoms with Crippen molar-refractivity contribution in [2.75, 3.05) is 29.9 Å². The van der Waals surface area contributed by atoms with Crippen LogP contribution >= 0.6 is 0 Å². The number of halogens is 3. The van der Waals surface area contributed by atoms with Crippen molar-refractivity contribution in [1.29, 1.82) is 0 Å². The molecule has 2 aliphatic heterocycles. The summed E-state index contributed by atoms with van der Waals surface area (Å²) in [5.41, 5.74) is 1.16. The predicted octanol–water partition coefficient (Wildman–Crippen LogP) is 4.90. The topological polar surface area (TPSA) is 109 Å². The van der Waals surface area contributed by atoms with Crippen molar-refractivity contribution in [1.82, 2.24) is 24.4 Å². The number of hydrogen-bond acceptors (Lipinski definition) is 8. The van der Waals surface area contributed by atoms with Gasteiger partial charge in [0.1, 0.15) is 5.60 Å². The fraction of sp³-hybridized carbons (Fsp3) is 0.571. The first-order chi connectivity index (χ1) is 19.3. The maximum Gasteiger partial charge on any atom is 0.419 e. The zero-order valence-corrected chi connectivity index (χ0v) is 23.6. The third kappa shape index (κ3) is 6.50. The number of imidazole rings is 1. The molecular weight excluding hydrogens is 539 g/mol. The summed E-state index contributed by atoms with van der Waals surface area (Å²) in [5, 5.41) is 13.7. The fourth-order valence-electron chi connectivity index (χ4n) is 5.58. The van der Waals surface area contributed by atoms with E-state index in [1.54, 1.807) is 4.90 Å². The maximum absolute atomic E-state index is 13.0. The third-order valence-corrected chi connectivity index (χ3v) is 7.42. The van der Waals surface area contributed by atoms with E-state index in [4.69, 9.17) is 9.72 Å². The van der Waals surface area contributed by atoms with Crippen molar-refractivity contribution in [3.63, 3.8) is 0 Å². The molecule has 4 heterocycles. The van der Waals surface area contributed by atoms with E-state index in [1.165, 1.54) is 0 Å². The molecule has 0 radical (unpaired) electrons. The number of carbonyl (C=O) groups excluding carboxylic acids is 1. The van der Waals surface area contributed by atoms with E-state index in [2.05, 4.69) is 15.3 Å². The number of piperidine rings is 2. The molecule has 3 aromatic rings. The summed E-state index contributed by atoms with van der Waals surface area (Å²) in [6.45, 7) is 7.01. The van der Waals surface area contributed by atoms with Gasteiger partial charge in [0.25, 0.3) is 0 Å². The highest BCUT2D eigenvalue weighted by molar-refractivity contribution is 5.80. The summed E-state index contributed by atoms with van der Waals surface area (Å²) in [5.74, 6) is 0.720. The molecule has 0 spiro atoms. The Morgan fingerprint density at radius 3 is 2.54 bits per heavy atom. The fourth-order valence-corrected chi connectivity index (χ4v) is 5.58. The lowest BCUT2D eigenvalue weighted by Crippen LogP contribution is -2.49. The van der Waals surface area contributed by atoms with Gasteiger partial charge in [-0.05, 0) is 64.2 Å². The van der Waals surface area contributed by atoms with Crippen molar-refractivity contribution < 1.29 is 27.8 Å². The number of nitrogens with one attached hydrogen (secondary N) is 1. The molecule has 222 valence electrons. The normalized spacial score (nSPS) is 22.2. The zero-order chi connectivity index (χ0) is 29.5. The van der Waals surface area contributed by atoms with Crippen LogP contribution in [0.5, 0.6) is 0 Å². The molecule has 2 fully saturated rings. The van der Waals surface area contributed by atoms with E-state index in [1.807, 2.05) is 55.5 Å². The van der Waals surface area contributed by atoms with Gasteiger partial charge in [-0.2, -0.15) is 13.2 Å². The van der Waals surface area contributed by atoms with E-state index < -0.39 is 23.4 Å². The quantitative estimate of drug-likeness (QED) is 0.453. The molecule has 0 bridgehead atoms. The number of ether oxygens (including phenoxy) is 1. The molecule has 2 aromatic heterocycles. The van der Waals surface area contributed by atoms with Crippen molar-refractivity contribution >= 4 is 29.0 Å². The number of rotatable bonds is 4. The Balaban J connectivity index is 1.35. The van der Waals surface area contributed by atoms with Crippen LogP contribution in [0.25, 0.3) is 11.0 Å². The number of aliphatic hydroxyl groups excluding tert-OH is 1. The molecule has 10 nitrogen and oxygen atoms in total. The Morgan fingerprint density at radius 2 is 1.85 bits per heavy atom.